The van der Waals surface area contributed by atoms with Crippen LogP contribution in [0.15, 0.2) is 65.5 Å². The van der Waals surface area contributed by atoms with Gasteiger partial charge >= 0.3 is 6.18 Å². The van der Waals surface area contributed by atoms with Crippen molar-refractivity contribution in [3.63, 3.8) is 0 Å². The van der Waals surface area contributed by atoms with Gasteiger partial charge in [-0.15, -0.1) is 0 Å². The van der Waals surface area contributed by atoms with E-state index in [0.29, 0.717) is 24.6 Å². The highest BCUT2D eigenvalue weighted by Gasteiger charge is 2.29. The number of rotatable bonds is 5. The van der Waals surface area contributed by atoms with Gasteiger partial charge in [0.15, 0.2) is 5.82 Å². The Labute approximate surface area is 169 Å². The minimum Gasteiger partial charge on any atom is -0.296 e. The molecule has 0 spiro atoms. The van der Waals surface area contributed by atoms with Gasteiger partial charge in [0.2, 0.25) is 0 Å². The Bertz CT molecular complexity index is 1210. The zero-order valence-corrected chi connectivity index (χ0v) is 16.0. The van der Waals surface area contributed by atoms with Gasteiger partial charge in [-0.1, -0.05) is 42.5 Å². The smallest absolute Gasteiger partial charge is 0.296 e. The van der Waals surface area contributed by atoms with Crippen LogP contribution in [0.4, 0.5) is 13.2 Å². The van der Waals surface area contributed by atoms with E-state index in [1.807, 2.05) is 35.2 Å². The van der Waals surface area contributed by atoms with Crippen molar-refractivity contribution in [3.05, 3.63) is 87.8 Å². The first-order valence-electron chi connectivity index (χ1n) is 9.18. The minimum absolute atomic E-state index is 0.263. The summed E-state index contributed by atoms with van der Waals surface area (Å²) in [4.78, 5) is 23.1. The molecule has 2 aromatic heterocycles. The largest absolute Gasteiger partial charge is 0.416 e. The molecule has 0 atom stereocenters. The first kappa shape index (κ1) is 19.8. The Balaban J connectivity index is 1.51. The zero-order valence-electron chi connectivity index (χ0n) is 16.0. The van der Waals surface area contributed by atoms with Crippen LogP contribution in [-0.4, -0.2) is 31.5 Å². The van der Waals surface area contributed by atoms with Crippen LogP contribution in [0.2, 0.25) is 0 Å². The lowest BCUT2D eigenvalue weighted by atomic mass is 10.1. The van der Waals surface area contributed by atoms with Gasteiger partial charge < -0.3 is 0 Å². The summed E-state index contributed by atoms with van der Waals surface area (Å²) in [6.45, 7) is 0.759. The van der Waals surface area contributed by atoms with Crippen LogP contribution in [0, 0.1) is 0 Å². The number of H-pyrrole nitrogens is 1. The maximum atomic E-state index is 12.7. The van der Waals surface area contributed by atoms with Gasteiger partial charge in [0.05, 0.1) is 11.3 Å². The summed E-state index contributed by atoms with van der Waals surface area (Å²) in [5.41, 5.74) is 1.13. The van der Waals surface area contributed by atoms with E-state index in [0.717, 1.165) is 23.3 Å². The van der Waals surface area contributed by atoms with Gasteiger partial charge in [0, 0.05) is 24.7 Å². The van der Waals surface area contributed by atoms with Crippen molar-refractivity contribution in [1.82, 2.24) is 24.5 Å². The molecule has 2 aromatic carbocycles. The normalized spacial score (nSPS) is 12.0. The van der Waals surface area contributed by atoms with E-state index in [2.05, 4.69) is 15.1 Å². The van der Waals surface area contributed by atoms with Crippen LogP contribution in [-0.2, 0) is 19.3 Å². The van der Waals surface area contributed by atoms with E-state index in [4.69, 9.17) is 0 Å². The molecule has 9 heteroatoms. The standard InChI is InChI=1S/C21H18F3N5O/c1-28(12-14-7-9-16(10-8-14)21(22,23)24)13-17-11-18(30)29-20(25-17)26-19(27-29)15-5-3-2-4-6-15/h2-11H,12-13H2,1H3,(H,25,26,27). The third-order valence-electron chi connectivity index (χ3n) is 4.60. The van der Waals surface area contributed by atoms with Crippen LogP contribution < -0.4 is 5.56 Å². The maximum absolute atomic E-state index is 12.7. The molecule has 0 unspecified atom stereocenters. The molecule has 0 aliphatic carbocycles. The van der Waals surface area contributed by atoms with E-state index in [-0.39, 0.29) is 11.3 Å². The van der Waals surface area contributed by atoms with E-state index in [9.17, 15) is 18.0 Å². The van der Waals surface area contributed by atoms with Crippen LogP contribution in [0.3, 0.4) is 0 Å². The maximum Gasteiger partial charge on any atom is 0.416 e. The average Bonchev–Trinajstić information content (AvgIpc) is 3.13. The zero-order chi connectivity index (χ0) is 21.3. The third kappa shape index (κ3) is 4.25. The van der Waals surface area contributed by atoms with Crippen molar-refractivity contribution in [2.45, 2.75) is 19.3 Å². The van der Waals surface area contributed by atoms with Crippen LogP contribution in [0.1, 0.15) is 16.8 Å². The number of hydrogen-bond donors (Lipinski definition) is 1. The SMILES string of the molecule is CN(Cc1ccc(C(F)(F)F)cc1)Cc1cc(=O)n2[nH]c(-c3ccccc3)nc2n1. The Morgan fingerprint density at radius 1 is 1.00 bits per heavy atom. The fourth-order valence-electron chi connectivity index (χ4n) is 3.18. The lowest BCUT2D eigenvalue weighted by molar-refractivity contribution is -0.137. The molecule has 0 saturated carbocycles. The van der Waals surface area contributed by atoms with Crippen LogP contribution in [0.5, 0.6) is 0 Å². The molecule has 4 aromatic rings. The summed E-state index contributed by atoms with van der Waals surface area (Å²) >= 11 is 0. The molecule has 0 aliphatic rings. The Kier molecular flexibility index (Phi) is 5.13. The van der Waals surface area contributed by atoms with Gasteiger partial charge in [0.1, 0.15) is 0 Å². The second-order valence-corrected chi connectivity index (χ2v) is 7.03. The predicted molar refractivity (Wildman–Crippen MR) is 106 cm³/mol. The highest BCUT2D eigenvalue weighted by Crippen LogP contribution is 2.29. The summed E-state index contributed by atoms with van der Waals surface area (Å²) in [5.74, 6) is 0.801. The van der Waals surface area contributed by atoms with Gasteiger partial charge in [0.25, 0.3) is 11.3 Å². The minimum atomic E-state index is -4.35. The molecular weight excluding hydrogens is 395 g/mol. The van der Waals surface area contributed by atoms with Crippen molar-refractivity contribution >= 4 is 5.78 Å². The fourth-order valence-corrected chi connectivity index (χ4v) is 3.18. The van der Waals surface area contributed by atoms with Gasteiger partial charge in [-0.25, -0.2) is 4.98 Å². The molecule has 1 N–H and O–H groups in total. The summed E-state index contributed by atoms with van der Waals surface area (Å²) in [6, 6.07) is 15.8. The number of nitrogens with one attached hydrogen (secondary N) is 1. The topological polar surface area (TPSA) is 66.3 Å². The van der Waals surface area contributed by atoms with Crippen molar-refractivity contribution in [3.8, 4) is 11.4 Å². The number of fused-ring (bicyclic) bond motifs is 1. The van der Waals surface area contributed by atoms with E-state index in [1.165, 1.54) is 22.7 Å². The van der Waals surface area contributed by atoms with E-state index >= 15 is 0 Å². The Morgan fingerprint density at radius 2 is 1.70 bits per heavy atom. The number of aromatic nitrogens is 4. The monoisotopic (exact) mass is 413 g/mol. The molecule has 0 amide bonds. The highest BCUT2D eigenvalue weighted by atomic mass is 19.4. The highest BCUT2D eigenvalue weighted by molar-refractivity contribution is 5.56. The molecule has 6 nitrogen and oxygen atoms in total. The van der Waals surface area contributed by atoms with Crippen molar-refractivity contribution in [2.24, 2.45) is 0 Å². The number of halogens is 3. The lowest BCUT2D eigenvalue weighted by Gasteiger charge is -2.16. The second kappa shape index (κ2) is 7.75. The molecule has 0 radical (unpaired) electrons. The lowest BCUT2D eigenvalue weighted by Crippen LogP contribution is -2.22. The van der Waals surface area contributed by atoms with Gasteiger partial charge in [-0.2, -0.15) is 22.7 Å². The Morgan fingerprint density at radius 3 is 2.37 bits per heavy atom. The molecule has 4 rings (SSSR count). The Hall–Kier alpha value is -3.46. The molecule has 154 valence electrons. The van der Waals surface area contributed by atoms with Crippen LogP contribution in [0.25, 0.3) is 17.2 Å². The number of alkyl halides is 3. The number of benzene rings is 2. The summed E-state index contributed by atoms with van der Waals surface area (Å²) in [7, 11) is 1.81. The third-order valence-corrected chi connectivity index (χ3v) is 4.60. The molecular formula is C21H18F3N5O. The molecule has 30 heavy (non-hydrogen) atoms. The summed E-state index contributed by atoms with van der Waals surface area (Å²) in [5, 5.41) is 2.94. The van der Waals surface area contributed by atoms with Gasteiger partial charge in [-0.05, 0) is 24.7 Å². The molecule has 0 fully saturated rings. The quantitative estimate of drug-likeness (QED) is 0.541. The fraction of sp³-hybridized carbons (Fsp3) is 0.190. The first-order chi connectivity index (χ1) is 14.3. The first-order valence-corrected chi connectivity index (χ1v) is 9.18. The number of nitrogens with zero attached hydrogens (tertiary/aromatic N) is 4. The molecule has 0 aliphatic heterocycles. The summed E-state index contributed by atoms with van der Waals surface area (Å²) in [6.07, 6.45) is -4.35. The number of hydrogen-bond acceptors (Lipinski definition) is 4. The van der Waals surface area contributed by atoms with Crippen molar-refractivity contribution in [1.29, 1.82) is 0 Å². The predicted octanol–water partition coefficient (Wildman–Crippen LogP) is 3.74. The molecule has 0 bridgehead atoms. The van der Waals surface area contributed by atoms with E-state index in [1.54, 1.807) is 7.05 Å². The van der Waals surface area contributed by atoms with Crippen molar-refractivity contribution in [2.75, 3.05) is 7.05 Å². The molecule has 2 heterocycles. The van der Waals surface area contributed by atoms with Crippen molar-refractivity contribution < 1.29 is 13.2 Å². The van der Waals surface area contributed by atoms with E-state index < -0.39 is 11.7 Å². The second-order valence-electron chi connectivity index (χ2n) is 7.03. The number of aromatic amines is 1. The molecule has 0 saturated heterocycles. The summed E-state index contributed by atoms with van der Waals surface area (Å²) < 4.78 is 39.3. The van der Waals surface area contributed by atoms with Gasteiger partial charge in [-0.3, -0.25) is 14.8 Å². The average molecular weight is 413 g/mol. The van der Waals surface area contributed by atoms with Crippen LogP contribution >= 0.6 is 0 Å².